The smallest absolute Gasteiger partial charge is 0.303 e. The molecule has 2 spiro atoms. The van der Waals surface area contributed by atoms with Gasteiger partial charge < -0.3 is 39.2 Å². The molecule has 266 valence electrons. The fourth-order valence-corrected chi connectivity index (χ4v) is 7.86. The number of allylic oxidation sites excluding steroid dienone is 2. The first-order valence-corrected chi connectivity index (χ1v) is 18.5. The van der Waals surface area contributed by atoms with Gasteiger partial charge in [-0.3, -0.25) is 19.2 Å². The Labute approximate surface area is 296 Å². The molecule has 2 N–H and O–H groups in total. The number of carbonyl (C=O) groups is 4. The van der Waals surface area contributed by atoms with E-state index in [0.717, 1.165) is 25.1 Å². The first-order chi connectivity index (χ1) is 22.7. The van der Waals surface area contributed by atoms with Crippen molar-refractivity contribution in [2.24, 2.45) is 11.3 Å². The highest BCUT2D eigenvalue weighted by Crippen LogP contribution is 2.45. The fraction of sp³-hybridized carbons (Fsp3) is 0.714. The van der Waals surface area contributed by atoms with E-state index in [4.69, 9.17) is 18.9 Å². The average molecular weight is 784 g/mol. The van der Waals surface area contributed by atoms with Crippen LogP contribution in [0.1, 0.15) is 60.3 Å². The number of ether oxygens (including phenoxy) is 4. The highest BCUT2D eigenvalue weighted by Gasteiger charge is 2.59. The number of aliphatic hydroxyl groups is 1. The standard InChI is InChI=1S/C35H50IN3O9/c1-21(6-9-28-22(2)12-27(24(4)47-28)37-30(41)11-8-23(3)46-25(5)40)7-10-29-33(44)35(20-45-35)14-26(48-29)13-31(42)38-16-34(17-38)18-39(19-34)32(43)15-36/h6-8,10-11,22-24,26-29,33,44H,9,12-20H2,1-5H3,(H,37,41)/b10-7+,11-8-,21-6+/t22-,23-,24+,26+,27+,28-,29+,33+,35+/m0/s1. The van der Waals surface area contributed by atoms with Crippen molar-refractivity contribution in [2.45, 2.75) is 109 Å². The lowest BCUT2D eigenvalue weighted by Gasteiger charge is -2.60. The van der Waals surface area contributed by atoms with Crippen LogP contribution in [0.3, 0.4) is 0 Å². The summed E-state index contributed by atoms with van der Waals surface area (Å²) in [6.45, 7) is 12.3. The zero-order valence-electron chi connectivity index (χ0n) is 28.6. The van der Waals surface area contributed by atoms with E-state index in [1.165, 1.54) is 13.0 Å². The van der Waals surface area contributed by atoms with Crippen LogP contribution in [0.2, 0.25) is 0 Å². The van der Waals surface area contributed by atoms with Crippen molar-refractivity contribution >= 4 is 46.3 Å². The van der Waals surface area contributed by atoms with Crippen LogP contribution in [-0.2, 0) is 38.1 Å². The molecule has 13 heteroatoms. The third-order valence-electron chi connectivity index (χ3n) is 10.3. The van der Waals surface area contributed by atoms with Gasteiger partial charge in [-0.1, -0.05) is 53.3 Å². The number of alkyl halides is 1. The Morgan fingerprint density at radius 1 is 1.06 bits per heavy atom. The second kappa shape index (κ2) is 15.3. The Hall–Kier alpha value is -2.33. The van der Waals surface area contributed by atoms with E-state index in [2.05, 4.69) is 40.9 Å². The van der Waals surface area contributed by atoms with E-state index in [0.29, 0.717) is 37.0 Å². The maximum absolute atomic E-state index is 13.1. The van der Waals surface area contributed by atoms with Gasteiger partial charge in [-0.05, 0) is 45.6 Å². The van der Waals surface area contributed by atoms with Gasteiger partial charge in [0.05, 0.1) is 41.8 Å². The predicted octanol–water partition coefficient (Wildman–Crippen LogP) is 2.47. The van der Waals surface area contributed by atoms with Gasteiger partial charge in [0.15, 0.2) is 0 Å². The molecule has 0 aromatic carbocycles. The van der Waals surface area contributed by atoms with Gasteiger partial charge in [-0.15, -0.1) is 0 Å². The number of hydrogen-bond donors (Lipinski definition) is 2. The summed E-state index contributed by atoms with van der Waals surface area (Å²) in [6, 6.07) is -0.133. The fourth-order valence-electron chi connectivity index (χ4n) is 7.37. The minimum Gasteiger partial charge on any atom is -0.459 e. The van der Waals surface area contributed by atoms with Crippen molar-refractivity contribution in [2.75, 3.05) is 37.2 Å². The molecule has 5 saturated heterocycles. The number of hydrogen-bond acceptors (Lipinski definition) is 9. The minimum atomic E-state index is -0.814. The van der Waals surface area contributed by atoms with Crippen molar-refractivity contribution in [1.82, 2.24) is 15.1 Å². The molecule has 5 heterocycles. The summed E-state index contributed by atoms with van der Waals surface area (Å²) in [6.07, 6.45) is 8.62. The molecule has 12 nitrogen and oxygen atoms in total. The van der Waals surface area contributed by atoms with Gasteiger partial charge in [-0.2, -0.15) is 0 Å². The summed E-state index contributed by atoms with van der Waals surface area (Å²) < 4.78 is 23.8. The van der Waals surface area contributed by atoms with Gasteiger partial charge in [0.1, 0.15) is 23.9 Å². The van der Waals surface area contributed by atoms with Crippen LogP contribution in [0.5, 0.6) is 0 Å². The Balaban J connectivity index is 1.07. The molecular formula is C35H50IN3O9. The predicted molar refractivity (Wildman–Crippen MR) is 185 cm³/mol. The van der Waals surface area contributed by atoms with Crippen LogP contribution in [0.15, 0.2) is 36.0 Å². The highest BCUT2D eigenvalue weighted by atomic mass is 127. The molecule has 5 aliphatic rings. The van der Waals surface area contributed by atoms with Gasteiger partial charge >= 0.3 is 5.97 Å². The lowest BCUT2D eigenvalue weighted by Crippen LogP contribution is -2.73. The quantitative estimate of drug-likeness (QED) is 0.0807. The van der Waals surface area contributed by atoms with Gasteiger partial charge in [0, 0.05) is 51.0 Å². The van der Waals surface area contributed by atoms with E-state index in [1.807, 2.05) is 35.8 Å². The number of carbonyl (C=O) groups excluding carboxylic acids is 4. The first kappa shape index (κ1) is 36.9. The highest BCUT2D eigenvalue weighted by molar-refractivity contribution is 14.1. The zero-order valence-corrected chi connectivity index (χ0v) is 30.7. The van der Waals surface area contributed by atoms with Crippen molar-refractivity contribution in [3.05, 3.63) is 36.0 Å². The summed E-state index contributed by atoms with van der Waals surface area (Å²) >= 11 is 2.08. The van der Waals surface area contributed by atoms with E-state index >= 15 is 0 Å². The molecule has 9 atom stereocenters. The summed E-state index contributed by atoms with van der Waals surface area (Å²) in [7, 11) is 0. The van der Waals surface area contributed by atoms with Crippen LogP contribution in [0.25, 0.3) is 0 Å². The van der Waals surface area contributed by atoms with Crippen LogP contribution in [-0.4, -0.2) is 124 Å². The van der Waals surface area contributed by atoms with Crippen LogP contribution in [0.4, 0.5) is 0 Å². The van der Waals surface area contributed by atoms with E-state index in [1.54, 1.807) is 13.0 Å². The molecule has 0 aromatic heterocycles. The molecule has 0 aromatic rings. The first-order valence-electron chi connectivity index (χ1n) is 17.0. The van der Waals surface area contributed by atoms with Crippen LogP contribution >= 0.6 is 22.6 Å². The zero-order chi connectivity index (χ0) is 34.8. The Morgan fingerprint density at radius 3 is 2.35 bits per heavy atom. The second-order valence-electron chi connectivity index (χ2n) is 14.5. The normalized spacial score (nSPS) is 35.0. The maximum Gasteiger partial charge on any atom is 0.303 e. The average Bonchev–Trinajstić information content (AvgIpc) is 3.76. The summed E-state index contributed by atoms with van der Waals surface area (Å²) in [5.41, 5.74) is 0.393. The molecule has 5 aliphatic heterocycles. The number of likely N-dealkylation sites (tertiary alicyclic amines) is 2. The van der Waals surface area contributed by atoms with Crippen molar-refractivity contribution in [3.8, 4) is 0 Å². The monoisotopic (exact) mass is 783 g/mol. The Bertz CT molecular complexity index is 1320. The summed E-state index contributed by atoms with van der Waals surface area (Å²) in [5, 5.41) is 14.1. The SMILES string of the molecule is CC(=O)O[C@@H](C)/C=C\C(=O)N[C@@H]1C[C@H](C)[C@H](C/C=C(C)/C=C/[C@H]2O[C@H](CC(=O)N3CC4(CN(C(=O)CI)C4)C3)C[C@@]3(CO3)[C@@H]2O)O[C@@H]1C. The molecule has 0 saturated carbocycles. The van der Waals surface area contributed by atoms with Crippen molar-refractivity contribution in [1.29, 1.82) is 0 Å². The van der Waals surface area contributed by atoms with Crippen LogP contribution < -0.4 is 5.32 Å². The van der Waals surface area contributed by atoms with Crippen molar-refractivity contribution < 1.29 is 43.2 Å². The van der Waals surface area contributed by atoms with Gasteiger partial charge in [-0.25, -0.2) is 0 Å². The molecule has 0 bridgehead atoms. The molecule has 5 fully saturated rings. The Kier molecular flexibility index (Phi) is 11.8. The number of nitrogens with zero attached hydrogens (tertiary/aromatic N) is 2. The number of rotatable bonds is 11. The van der Waals surface area contributed by atoms with Gasteiger partial charge in [0.25, 0.3) is 0 Å². The molecule has 3 amide bonds. The van der Waals surface area contributed by atoms with E-state index < -0.39 is 29.9 Å². The lowest BCUT2D eigenvalue weighted by molar-refractivity contribution is -0.173. The third-order valence-corrected chi connectivity index (χ3v) is 10.9. The number of amides is 3. The number of nitrogens with one attached hydrogen (secondary N) is 1. The summed E-state index contributed by atoms with van der Waals surface area (Å²) in [5.74, 6) is -0.248. The summed E-state index contributed by atoms with van der Waals surface area (Å²) in [4.78, 5) is 52.2. The largest absolute Gasteiger partial charge is 0.459 e. The van der Waals surface area contributed by atoms with E-state index in [-0.39, 0.29) is 59.8 Å². The lowest BCUT2D eigenvalue weighted by atomic mass is 9.72. The topological polar surface area (TPSA) is 147 Å². The number of aliphatic hydroxyl groups excluding tert-OH is 1. The minimum absolute atomic E-state index is 0.0125. The number of esters is 1. The van der Waals surface area contributed by atoms with E-state index in [9.17, 15) is 24.3 Å². The maximum atomic E-state index is 13.1. The molecule has 0 radical (unpaired) electrons. The van der Waals surface area contributed by atoms with Gasteiger partial charge in [0.2, 0.25) is 17.7 Å². The van der Waals surface area contributed by atoms with Crippen LogP contribution in [0, 0.1) is 11.3 Å². The molecule has 0 aliphatic carbocycles. The second-order valence-corrected chi connectivity index (χ2v) is 15.2. The molecule has 0 unspecified atom stereocenters. The molecule has 48 heavy (non-hydrogen) atoms. The Morgan fingerprint density at radius 2 is 1.73 bits per heavy atom. The van der Waals surface area contributed by atoms with Crippen molar-refractivity contribution in [3.63, 3.8) is 0 Å². The molecule has 5 rings (SSSR count). The third kappa shape index (κ3) is 8.87. The number of epoxide rings is 1. The number of halogens is 1. The molecular weight excluding hydrogens is 733 g/mol.